The Morgan fingerprint density at radius 3 is 2.77 bits per heavy atom. The Hall–Kier alpha value is -2.34. The van der Waals surface area contributed by atoms with Gasteiger partial charge in [-0.2, -0.15) is 0 Å². The van der Waals surface area contributed by atoms with Gasteiger partial charge in [-0.1, -0.05) is 0 Å². The number of H-pyrrole nitrogens is 1. The number of aromatic amines is 1. The highest BCUT2D eigenvalue weighted by Crippen LogP contribution is 2.43. The molecule has 1 aromatic carbocycles. The number of likely N-dealkylation sites (tertiary alicyclic amines) is 1. The first-order valence-electron chi connectivity index (χ1n) is 11.2. The SMILES string of the molecule is CN(C)CC1CC2(CCN(C(=O)c3ccc4[nH]c5c(c4c3)CCCC5)CC2)C(=O)O1. The summed E-state index contributed by atoms with van der Waals surface area (Å²) in [5.74, 6) is 0.00975. The lowest BCUT2D eigenvalue weighted by Crippen LogP contribution is -2.45. The summed E-state index contributed by atoms with van der Waals surface area (Å²) in [6.45, 7) is 1.99. The van der Waals surface area contributed by atoms with Crippen molar-refractivity contribution < 1.29 is 14.3 Å². The minimum absolute atomic E-state index is 0.0306. The van der Waals surface area contributed by atoms with E-state index in [0.29, 0.717) is 25.9 Å². The van der Waals surface area contributed by atoms with Crippen molar-refractivity contribution in [2.24, 2.45) is 5.41 Å². The van der Waals surface area contributed by atoms with Crippen LogP contribution in [0.5, 0.6) is 0 Å². The van der Waals surface area contributed by atoms with E-state index in [2.05, 4.69) is 16.0 Å². The number of rotatable bonds is 3. The predicted octanol–water partition coefficient (Wildman–Crippen LogP) is 3.15. The fraction of sp³-hybridized carbons (Fsp3) is 0.583. The Balaban J connectivity index is 1.30. The van der Waals surface area contributed by atoms with E-state index in [9.17, 15) is 9.59 Å². The standard InChI is InChI=1S/C24H31N3O3/c1-26(2)15-17-14-24(23(29)30-17)9-11-27(12-10-24)22(28)16-7-8-21-19(13-16)18-5-3-4-6-20(18)25-21/h7-8,13,17,25H,3-6,9-12,14-15H2,1-2H3. The van der Waals surface area contributed by atoms with Crippen molar-refractivity contribution in [3.05, 3.63) is 35.0 Å². The Bertz CT molecular complexity index is 985. The van der Waals surface area contributed by atoms with Crippen molar-refractivity contribution in [1.29, 1.82) is 0 Å². The lowest BCUT2D eigenvalue weighted by Gasteiger charge is -2.36. The van der Waals surface area contributed by atoms with E-state index < -0.39 is 5.41 Å². The molecular formula is C24H31N3O3. The molecule has 6 nitrogen and oxygen atoms in total. The second-order valence-electron chi connectivity index (χ2n) is 9.62. The van der Waals surface area contributed by atoms with Gasteiger partial charge in [0.05, 0.1) is 5.41 Å². The molecule has 1 spiro atoms. The van der Waals surface area contributed by atoms with Crippen LogP contribution in [-0.4, -0.2) is 66.5 Å². The zero-order valence-electron chi connectivity index (χ0n) is 18.0. The van der Waals surface area contributed by atoms with Gasteiger partial charge in [0.1, 0.15) is 6.10 Å². The first-order valence-corrected chi connectivity index (χ1v) is 11.2. The number of likely N-dealkylation sites (N-methyl/N-ethyl adjacent to an activating group) is 1. The van der Waals surface area contributed by atoms with Crippen LogP contribution in [0.2, 0.25) is 0 Å². The van der Waals surface area contributed by atoms with Crippen molar-refractivity contribution in [3.63, 3.8) is 0 Å². The van der Waals surface area contributed by atoms with Gasteiger partial charge >= 0.3 is 5.97 Å². The van der Waals surface area contributed by atoms with Gasteiger partial charge in [-0.15, -0.1) is 0 Å². The predicted molar refractivity (Wildman–Crippen MR) is 116 cm³/mol. The number of piperidine rings is 1. The lowest BCUT2D eigenvalue weighted by atomic mass is 9.76. The molecule has 0 radical (unpaired) electrons. The average Bonchev–Trinajstić information content (AvgIpc) is 3.24. The summed E-state index contributed by atoms with van der Waals surface area (Å²) in [6.07, 6.45) is 6.79. The van der Waals surface area contributed by atoms with Crippen molar-refractivity contribution in [2.45, 2.75) is 51.0 Å². The number of aromatic nitrogens is 1. The molecular weight excluding hydrogens is 378 g/mol. The Morgan fingerprint density at radius 1 is 1.23 bits per heavy atom. The fourth-order valence-corrected chi connectivity index (χ4v) is 5.61. The van der Waals surface area contributed by atoms with Crippen LogP contribution < -0.4 is 0 Å². The molecule has 3 aliphatic rings. The molecule has 2 fully saturated rings. The Labute approximate surface area is 177 Å². The highest BCUT2D eigenvalue weighted by atomic mass is 16.6. The van der Waals surface area contributed by atoms with Gasteiger partial charge in [0.2, 0.25) is 0 Å². The highest BCUT2D eigenvalue weighted by molar-refractivity contribution is 5.99. The first kappa shape index (κ1) is 19.6. The third-order valence-electron chi connectivity index (χ3n) is 7.25. The van der Waals surface area contributed by atoms with Gasteiger partial charge in [-0.3, -0.25) is 9.59 Å². The van der Waals surface area contributed by atoms with Crippen molar-refractivity contribution >= 4 is 22.8 Å². The minimum Gasteiger partial charge on any atom is -0.461 e. The van der Waals surface area contributed by atoms with Gasteiger partial charge in [0.15, 0.2) is 0 Å². The van der Waals surface area contributed by atoms with Crippen LogP contribution >= 0.6 is 0 Å². The van der Waals surface area contributed by atoms with Crippen LogP contribution in [0.3, 0.4) is 0 Å². The number of nitrogens with one attached hydrogen (secondary N) is 1. The van der Waals surface area contributed by atoms with Gasteiger partial charge in [-0.25, -0.2) is 0 Å². The summed E-state index contributed by atoms with van der Waals surface area (Å²) in [5.41, 5.74) is 4.22. The average molecular weight is 410 g/mol. The molecule has 6 heteroatoms. The number of aryl methyl sites for hydroxylation is 2. The number of carbonyl (C=O) groups is 2. The second kappa shape index (κ2) is 7.41. The maximum atomic E-state index is 13.2. The zero-order chi connectivity index (χ0) is 20.9. The van der Waals surface area contributed by atoms with Crippen molar-refractivity contribution in [1.82, 2.24) is 14.8 Å². The van der Waals surface area contributed by atoms with Gasteiger partial charge in [-0.05, 0) is 76.4 Å². The van der Waals surface area contributed by atoms with Crippen LogP contribution in [0.1, 0.15) is 53.7 Å². The first-order chi connectivity index (χ1) is 14.4. The highest BCUT2D eigenvalue weighted by Gasteiger charge is 2.50. The fourth-order valence-electron chi connectivity index (χ4n) is 5.61. The van der Waals surface area contributed by atoms with E-state index in [1.54, 1.807) is 0 Å². The summed E-state index contributed by atoms with van der Waals surface area (Å²) >= 11 is 0. The van der Waals surface area contributed by atoms with E-state index in [1.165, 1.54) is 29.5 Å². The molecule has 0 saturated carbocycles. The number of carbonyl (C=O) groups excluding carboxylic acids is 2. The molecule has 5 rings (SSSR count). The molecule has 30 heavy (non-hydrogen) atoms. The molecule has 2 aliphatic heterocycles. The van der Waals surface area contributed by atoms with Crippen molar-refractivity contribution in [2.75, 3.05) is 33.7 Å². The lowest BCUT2D eigenvalue weighted by molar-refractivity contribution is -0.150. The van der Waals surface area contributed by atoms with Crippen molar-refractivity contribution in [3.8, 4) is 0 Å². The summed E-state index contributed by atoms with van der Waals surface area (Å²) in [7, 11) is 4.00. The summed E-state index contributed by atoms with van der Waals surface area (Å²) in [4.78, 5) is 33.3. The molecule has 2 aromatic rings. The topological polar surface area (TPSA) is 65.6 Å². The van der Waals surface area contributed by atoms with Crippen LogP contribution in [0.25, 0.3) is 10.9 Å². The molecule has 1 unspecified atom stereocenters. The number of fused-ring (bicyclic) bond motifs is 3. The third kappa shape index (κ3) is 3.31. The molecule has 0 bridgehead atoms. The number of amides is 1. The van der Waals surface area contributed by atoms with Gasteiger partial charge in [0, 0.05) is 48.2 Å². The smallest absolute Gasteiger partial charge is 0.312 e. The van der Waals surface area contributed by atoms with Gasteiger partial charge in [0.25, 0.3) is 5.91 Å². The molecule has 3 heterocycles. The number of esters is 1. The van der Waals surface area contributed by atoms with E-state index in [-0.39, 0.29) is 18.0 Å². The van der Waals surface area contributed by atoms with Crippen LogP contribution in [-0.2, 0) is 22.4 Å². The molecule has 1 amide bonds. The molecule has 160 valence electrons. The number of benzene rings is 1. The molecule has 1 aromatic heterocycles. The Kier molecular flexibility index (Phi) is 4.85. The summed E-state index contributed by atoms with van der Waals surface area (Å²) in [5, 5.41) is 1.20. The second-order valence-corrected chi connectivity index (χ2v) is 9.62. The number of hydrogen-bond acceptors (Lipinski definition) is 4. The van der Waals surface area contributed by atoms with Gasteiger partial charge < -0.3 is 19.5 Å². The quantitative estimate of drug-likeness (QED) is 0.791. The van der Waals surface area contributed by atoms with Crippen LogP contribution in [0.4, 0.5) is 0 Å². The van der Waals surface area contributed by atoms with E-state index in [4.69, 9.17) is 4.74 Å². The maximum Gasteiger partial charge on any atom is 0.312 e. The molecule has 1 N–H and O–H groups in total. The van der Waals surface area contributed by atoms with Crippen LogP contribution in [0, 0.1) is 5.41 Å². The molecule has 1 aliphatic carbocycles. The van der Waals surface area contributed by atoms with Crippen LogP contribution in [0.15, 0.2) is 18.2 Å². The summed E-state index contributed by atoms with van der Waals surface area (Å²) in [6, 6.07) is 6.06. The third-order valence-corrected chi connectivity index (χ3v) is 7.25. The monoisotopic (exact) mass is 409 g/mol. The molecule has 2 saturated heterocycles. The van der Waals surface area contributed by atoms with E-state index in [0.717, 1.165) is 36.9 Å². The Morgan fingerprint density at radius 2 is 2.00 bits per heavy atom. The zero-order valence-corrected chi connectivity index (χ0v) is 18.0. The summed E-state index contributed by atoms with van der Waals surface area (Å²) < 4.78 is 5.65. The normalized spacial score (nSPS) is 23.2. The minimum atomic E-state index is -0.402. The number of hydrogen-bond donors (Lipinski definition) is 1. The maximum absolute atomic E-state index is 13.2. The largest absolute Gasteiger partial charge is 0.461 e. The van der Waals surface area contributed by atoms with E-state index in [1.807, 2.05) is 31.1 Å². The molecule has 1 atom stereocenters. The number of nitrogens with zero attached hydrogens (tertiary/aromatic N) is 2. The number of ether oxygens (including phenoxy) is 1. The van der Waals surface area contributed by atoms with E-state index >= 15 is 0 Å². The number of cyclic esters (lactones) is 1.